The first-order valence-electron chi connectivity index (χ1n) is 1.67. The standard InChI is InChI=1S/CH2F3NO3S2/c2-1(3,4)10(7,8)9(5)6/h5H2. The highest BCUT2D eigenvalue weighted by Crippen LogP contribution is 2.24. The van der Waals surface area contributed by atoms with E-state index in [9.17, 15) is 25.8 Å². The Kier molecular flexibility index (Phi) is 2.44. The Hall–Kier alpha value is -0.150. The first-order chi connectivity index (χ1) is 4.19. The van der Waals surface area contributed by atoms with E-state index in [-0.39, 0.29) is 0 Å². The molecule has 1 unspecified atom stereocenters. The molecule has 62 valence electrons. The van der Waals surface area contributed by atoms with Crippen LogP contribution in [-0.2, 0) is 18.9 Å². The Balaban J connectivity index is 4.98. The molecule has 0 amide bonds. The Bertz CT molecular complexity index is 239. The van der Waals surface area contributed by atoms with Crippen molar-refractivity contribution < 1.29 is 25.8 Å². The van der Waals surface area contributed by atoms with Crippen LogP contribution in [0.2, 0.25) is 0 Å². The molecule has 0 radical (unpaired) electrons. The van der Waals surface area contributed by atoms with Gasteiger partial charge in [0.1, 0.15) is 0 Å². The monoisotopic (exact) mass is 197 g/mol. The van der Waals surface area contributed by atoms with Gasteiger partial charge in [0, 0.05) is 0 Å². The average molecular weight is 197 g/mol. The zero-order valence-corrected chi connectivity index (χ0v) is 5.89. The molecule has 2 N–H and O–H groups in total. The second-order valence-electron chi connectivity index (χ2n) is 1.16. The Morgan fingerprint density at radius 1 is 1.30 bits per heavy atom. The van der Waals surface area contributed by atoms with Crippen molar-refractivity contribution in [2.45, 2.75) is 5.51 Å². The Morgan fingerprint density at radius 3 is 1.60 bits per heavy atom. The van der Waals surface area contributed by atoms with Crippen LogP contribution in [0.1, 0.15) is 0 Å². The van der Waals surface area contributed by atoms with Crippen LogP contribution in [-0.4, -0.2) is 18.1 Å². The van der Waals surface area contributed by atoms with Crippen molar-refractivity contribution in [1.82, 2.24) is 0 Å². The fraction of sp³-hybridized carbons (Fsp3) is 1.00. The maximum Gasteiger partial charge on any atom is 0.510 e. The molecule has 0 spiro atoms. The lowest BCUT2D eigenvalue weighted by Crippen LogP contribution is -2.30. The van der Waals surface area contributed by atoms with Gasteiger partial charge in [-0.15, -0.1) is 0 Å². The largest absolute Gasteiger partial charge is 0.510 e. The molecule has 4 nitrogen and oxygen atoms in total. The zero-order valence-electron chi connectivity index (χ0n) is 4.25. The molecule has 0 aliphatic rings. The average Bonchev–Trinajstić information content (AvgIpc) is 1.62. The number of nitrogens with two attached hydrogens (primary N) is 1. The van der Waals surface area contributed by atoms with Gasteiger partial charge in [-0.3, -0.25) is 0 Å². The highest BCUT2D eigenvalue weighted by atomic mass is 33.2. The van der Waals surface area contributed by atoms with Crippen LogP contribution in [0.4, 0.5) is 13.2 Å². The van der Waals surface area contributed by atoms with Crippen molar-refractivity contribution in [3.05, 3.63) is 0 Å². The molecule has 1 atom stereocenters. The van der Waals surface area contributed by atoms with Gasteiger partial charge in [0.05, 0.1) is 0 Å². The second kappa shape index (κ2) is 2.47. The minimum atomic E-state index is -5.66. The van der Waals surface area contributed by atoms with E-state index in [0.29, 0.717) is 0 Å². The predicted octanol–water partition coefficient (Wildman–Crippen LogP) is -0.542. The van der Waals surface area contributed by atoms with E-state index in [1.54, 1.807) is 0 Å². The van der Waals surface area contributed by atoms with Crippen molar-refractivity contribution in [2.24, 2.45) is 5.14 Å². The summed E-state index contributed by atoms with van der Waals surface area (Å²) < 4.78 is 63.0. The SMILES string of the molecule is NS(=O)S(=O)(=O)C(F)(F)F. The summed E-state index contributed by atoms with van der Waals surface area (Å²) in [6, 6.07) is 0. The maximum atomic E-state index is 11.2. The number of hydrogen-bond donors (Lipinski definition) is 1. The first kappa shape index (κ1) is 9.85. The van der Waals surface area contributed by atoms with Gasteiger partial charge in [-0.2, -0.15) is 13.2 Å². The van der Waals surface area contributed by atoms with Crippen LogP contribution >= 0.6 is 0 Å². The Labute approximate surface area is 56.1 Å². The molecular formula is CH2F3NO3S2. The van der Waals surface area contributed by atoms with Crippen molar-refractivity contribution in [2.75, 3.05) is 0 Å². The van der Waals surface area contributed by atoms with Crippen LogP contribution < -0.4 is 5.14 Å². The molecule has 9 heteroatoms. The molecular weight excluding hydrogens is 195 g/mol. The van der Waals surface area contributed by atoms with Gasteiger partial charge in [0.15, 0.2) is 0 Å². The summed E-state index contributed by atoms with van der Waals surface area (Å²) >= 11 is 0. The molecule has 0 aromatic heterocycles. The molecule has 0 aliphatic heterocycles. The minimum absolute atomic E-state index is 3.40. The molecule has 0 rings (SSSR count). The van der Waals surface area contributed by atoms with Crippen molar-refractivity contribution >= 4 is 18.9 Å². The zero-order chi connectivity index (χ0) is 8.58. The van der Waals surface area contributed by atoms with Crippen LogP contribution in [0.15, 0.2) is 0 Å². The third kappa shape index (κ3) is 1.67. The third-order valence-corrected chi connectivity index (χ3v) is 3.36. The molecule has 0 saturated carbocycles. The minimum Gasteiger partial charge on any atom is -0.238 e. The summed E-state index contributed by atoms with van der Waals surface area (Å²) in [6.07, 6.45) is 0. The van der Waals surface area contributed by atoms with E-state index >= 15 is 0 Å². The Morgan fingerprint density at radius 2 is 1.60 bits per heavy atom. The van der Waals surface area contributed by atoms with Crippen LogP contribution in [0, 0.1) is 0 Å². The van der Waals surface area contributed by atoms with Crippen LogP contribution in [0.3, 0.4) is 0 Å². The van der Waals surface area contributed by atoms with Crippen LogP contribution in [0.25, 0.3) is 0 Å². The number of hydrogen-bond acceptors (Lipinski definition) is 3. The summed E-state index contributed by atoms with van der Waals surface area (Å²) in [4.78, 5) is 0. The molecule has 0 aromatic carbocycles. The first-order valence-corrected chi connectivity index (χ1v) is 4.89. The van der Waals surface area contributed by atoms with Gasteiger partial charge >= 0.3 is 14.4 Å². The fourth-order valence-corrected chi connectivity index (χ4v) is 0.838. The van der Waals surface area contributed by atoms with E-state index in [1.807, 2.05) is 0 Å². The number of alkyl halides is 3. The normalized spacial score (nSPS) is 16.8. The van der Waals surface area contributed by atoms with Gasteiger partial charge in [0.2, 0.25) is 10.0 Å². The van der Waals surface area contributed by atoms with Crippen LogP contribution in [0.5, 0.6) is 0 Å². The fourth-order valence-electron chi connectivity index (χ4n) is 0.0931. The molecule has 0 aliphatic carbocycles. The summed E-state index contributed by atoms with van der Waals surface area (Å²) in [5.41, 5.74) is -5.54. The lowest BCUT2D eigenvalue weighted by atomic mass is 11.6. The quantitative estimate of drug-likeness (QED) is 0.573. The van der Waals surface area contributed by atoms with Gasteiger partial charge in [-0.25, -0.2) is 17.8 Å². The van der Waals surface area contributed by atoms with E-state index < -0.39 is 24.4 Å². The molecule has 0 heterocycles. The summed E-state index contributed by atoms with van der Waals surface area (Å²) in [7, 11) is -9.06. The van der Waals surface area contributed by atoms with Crippen molar-refractivity contribution in [1.29, 1.82) is 0 Å². The second-order valence-corrected chi connectivity index (χ2v) is 5.35. The van der Waals surface area contributed by atoms with E-state index in [1.165, 1.54) is 0 Å². The molecule has 10 heavy (non-hydrogen) atoms. The van der Waals surface area contributed by atoms with Gasteiger partial charge in [-0.05, 0) is 0 Å². The van der Waals surface area contributed by atoms with E-state index in [0.717, 1.165) is 0 Å². The number of halogens is 3. The summed E-state index contributed by atoms with van der Waals surface area (Å²) in [6.45, 7) is 0. The predicted molar refractivity (Wildman–Crippen MR) is 27.3 cm³/mol. The molecule has 0 aromatic rings. The molecule has 0 fully saturated rings. The highest BCUT2D eigenvalue weighted by molar-refractivity contribution is 8.63. The lowest BCUT2D eigenvalue weighted by molar-refractivity contribution is -0.0411. The number of rotatable bonds is 1. The van der Waals surface area contributed by atoms with Crippen molar-refractivity contribution in [3.63, 3.8) is 0 Å². The smallest absolute Gasteiger partial charge is 0.238 e. The van der Waals surface area contributed by atoms with Crippen molar-refractivity contribution in [3.8, 4) is 0 Å². The molecule has 0 bridgehead atoms. The van der Waals surface area contributed by atoms with E-state index in [4.69, 9.17) is 0 Å². The topological polar surface area (TPSA) is 77.2 Å². The summed E-state index contributed by atoms with van der Waals surface area (Å²) in [5.74, 6) is 0. The third-order valence-electron chi connectivity index (χ3n) is 0.500. The highest BCUT2D eigenvalue weighted by Gasteiger charge is 2.49. The lowest BCUT2D eigenvalue weighted by Gasteiger charge is -2.02. The van der Waals surface area contributed by atoms with Gasteiger partial charge in [-0.1, -0.05) is 0 Å². The summed E-state index contributed by atoms with van der Waals surface area (Å²) in [5, 5.41) is 4.02. The molecule has 0 saturated heterocycles. The maximum absolute atomic E-state index is 11.2. The van der Waals surface area contributed by atoms with Gasteiger partial charge in [0.25, 0.3) is 0 Å². The van der Waals surface area contributed by atoms with Gasteiger partial charge < -0.3 is 0 Å². The van der Waals surface area contributed by atoms with E-state index in [2.05, 4.69) is 5.14 Å².